The smallest absolute Gasteiger partial charge is 0.275 e. The van der Waals surface area contributed by atoms with Crippen molar-refractivity contribution in [3.8, 4) is 16.5 Å². The fourth-order valence-electron chi connectivity index (χ4n) is 2.85. The number of hydrogen-bond acceptors (Lipinski definition) is 6. The van der Waals surface area contributed by atoms with Crippen molar-refractivity contribution in [2.75, 3.05) is 12.4 Å². The maximum atomic E-state index is 12.6. The number of rotatable bonds is 5. The molecule has 8 nitrogen and oxygen atoms in total. The van der Waals surface area contributed by atoms with Gasteiger partial charge in [0.05, 0.1) is 12.0 Å². The molecule has 9 heteroatoms. The topological polar surface area (TPSA) is 90.5 Å². The summed E-state index contributed by atoms with van der Waals surface area (Å²) in [5, 5.41) is 9.05. The van der Waals surface area contributed by atoms with Crippen molar-refractivity contribution in [1.29, 1.82) is 0 Å². The average Bonchev–Trinajstić information content (AvgIpc) is 3.35. The van der Waals surface area contributed by atoms with E-state index in [1.54, 1.807) is 42.9 Å². The third-order valence-corrected chi connectivity index (χ3v) is 5.06. The van der Waals surface area contributed by atoms with Crippen LogP contribution in [0.3, 0.4) is 0 Å². The standard InChI is InChI=1S/C19H17N5O3S/c1-12-9-17(26)24-19(21-18(22-24)15-7-4-8-28-15)23(12)11-16(25)20-13-5-3-6-14(10-13)27-2/h3-10H,11H2,1-2H3,(H,20,25). The Morgan fingerprint density at radius 2 is 2.11 bits per heavy atom. The first-order valence-electron chi connectivity index (χ1n) is 8.50. The number of benzene rings is 1. The van der Waals surface area contributed by atoms with Crippen molar-refractivity contribution in [1.82, 2.24) is 19.2 Å². The fraction of sp³-hybridized carbons (Fsp3) is 0.158. The highest BCUT2D eigenvalue weighted by atomic mass is 32.1. The van der Waals surface area contributed by atoms with Crippen LogP contribution in [-0.2, 0) is 11.3 Å². The van der Waals surface area contributed by atoms with E-state index in [0.717, 1.165) is 4.88 Å². The molecule has 0 spiro atoms. The summed E-state index contributed by atoms with van der Waals surface area (Å²) in [5.41, 5.74) is 0.968. The predicted octanol–water partition coefficient (Wildman–Crippen LogP) is 2.58. The minimum atomic E-state index is -0.285. The molecule has 0 aliphatic heterocycles. The summed E-state index contributed by atoms with van der Waals surface area (Å²) in [6.45, 7) is 1.76. The molecule has 1 aromatic carbocycles. The van der Waals surface area contributed by atoms with Crippen LogP contribution in [0.15, 0.2) is 52.6 Å². The second kappa shape index (κ2) is 7.28. The average molecular weight is 395 g/mol. The van der Waals surface area contributed by atoms with Crippen LogP contribution in [0, 0.1) is 6.92 Å². The second-order valence-corrected chi connectivity index (χ2v) is 7.06. The van der Waals surface area contributed by atoms with Gasteiger partial charge >= 0.3 is 0 Å². The molecule has 0 saturated carbocycles. The zero-order chi connectivity index (χ0) is 19.7. The summed E-state index contributed by atoms with van der Waals surface area (Å²) in [6, 6.07) is 12.3. The molecule has 28 heavy (non-hydrogen) atoms. The lowest BCUT2D eigenvalue weighted by molar-refractivity contribution is -0.116. The molecule has 0 atom stereocenters. The molecule has 0 radical (unpaired) electrons. The predicted molar refractivity (Wildman–Crippen MR) is 107 cm³/mol. The first-order chi connectivity index (χ1) is 13.5. The molecule has 0 unspecified atom stereocenters. The molecule has 3 aromatic heterocycles. The highest BCUT2D eigenvalue weighted by Gasteiger charge is 2.16. The van der Waals surface area contributed by atoms with Crippen LogP contribution in [-0.4, -0.2) is 32.2 Å². The van der Waals surface area contributed by atoms with Crippen LogP contribution in [0.5, 0.6) is 5.75 Å². The van der Waals surface area contributed by atoms with Crippen molar-refractivity contribution in [2.45, 2.75) is 13.5 Å². The third kappa shape index (κ3) is 3.39. The number of anilines is 1. The summed E-state index contributed by atoms with van der Waals surface area (Å²) in [4.78, 5) is 30.3. The minimum absolute atomic E-state index is 0.00457. The quantitative estimate of drug-likeness (QED) is 0.561. The number of carbonyl (C=O) groups excluding carboxylic acids is 1. The van der Waals surface area contributed by atoms with Gasteiger partial charge in [-0.25, -0.2) is 0 Å². The number of amides is 1. The molecule has 4 rings (SSSR count). The highest BCUT2D eigenvalue weighted by molar-refractivity contribution is 7.13. The maximum absolute atomic E-state index is 12.6. The first-order valence-corrected chi connectivity index (χ1v) is 9.38. The number of carbonyl (C=O) groups is 1. The van der Waals surface area contributed by atoms with Crippen molar-refractivity contribution < 1.29 is 9.53 Å². The van der Waals surface area contributed by atoms with Crippen molar-refractivity contribution >= 4 is 28.7 Å². The van der Waals surface area contributed by atoms with Crippen LogP contribution in [0.2, 0.25) is 0 Å². The van der Waals surface area contributed by atoms with Gasteiger partial charge in [-0.05, 0) is 30.5 Å². The van der Waals surface area contributed by atoms with Crippen LogP contribution < -0.4 is 15.6 Å². The zero-order valence-electron chi connectivity index (χ0n) is 15.2. The van der Waals surface area contributed by atoms with Crippen LogP contribution >= 0.6 is 11.3 Å². The van der Waals surface area contributed by atoms with E-state index in [4.69, 9.17) is 4.74 Å². The molecular formula is C19H17N5O3S. The lowest BCUT2D eigenvalue weighted by Crippen LogP contribution is -2.25. The van der Waals surface area contributed by atoms with Gasteiger partial charge in [-0.2, -0.15) is 9.50 Å². The molecule has 1 N–H and O–H groups in total. The fourth-order valence-corrected chi connectivity index (χ4v) is 3.51. The number of methoxy groups -OCH3 is 1. The summed E-state index contributed by atoms with van der Waals surface area (Å²) in [6.07, 6.45) is 0. The summed E-state index contributed by atoms with van der Waals surface area (Å²) >= 11 is 1.49. The van der Waals surface area contributed by atoms with Crippen molar-refractivity contribution in [2.24, 2.45) is 0 Å². The van der Waals surface area contributed by atoms with Crippen LogP contribution in [0.1, 0.15) is 5.69 Å². The third-order valence-electron chi connectivity index (χ3n) is 4.20. The van der Waals surface area contributed by atoms with Crippen molar-refractivity contribution in [3.05, 3.63) is 63.9 Å². The van der Waals surface area contributed by atoms with Gasteiger partial charge in [0.2, 0.25) is 11.7 Å². The molecule has 0 aliphatic carbocycles. The van der Waals surface area contributed by atoms with Gasteiger partial charge in [-0.15, -0.1) is 16.4 Å². The lowest BCUT2D eigenvalue weighted by atomic mass is 10.3. The number of fused-ring (bicyclic) bond motifs is 1. The van der Waals surface area contributed by atoms with Crippen LogP contribution in [0.25, 0.3) is 16.5 Å². The minimum Gasteiger partial charge on any atom is -0.497 e. The Labute approximate surface area is 164 Å². The van der Waals surface area contributed by atoms with Gasteiger partial charge in [0.15, 0.2) is 5.82 Å². The Balaban J connectivity index is 1.67. The first kappa shape index (κ1) is 17.9. The van der Waals surface area contributed by atoms with E-state index in [9.17, 15) is 9.59 Å². The number of ether oxygens (including phenoxy) is 1. The Kier molecular flexibility index (Phi) is 4.66. The monoisotopic (exact) mass is 395 g/mol. The normalized spacial score (nSPS) is 10.9. The Hall–Kier alpha value is -3.46. The van der Waals surface area contributed by atoms with E-state index in [1.807, 2.05) is 17.5 Å². The van der Waals surface area contributed by atoms with Gasteiger partial charge in [0.1, 0.15) is 12.3 Å². The Morgan fingerprint density at radius 3 is 2.86 bits per heavy atom. The van der Waals surface area contributed by atoms with E-state index in [-0.39, 0.29) is 18.0 Å². The van der Waals surface area contributed by atoms with Crippen LogP contribution in [0.4, 0.5) is 5.69 Å². The molecule has 4 aromatic rings. The molecule has 0 fully saturated rings. The summed E-state index contributed by atoms with van der Waals surface area (Å²) < 4.78 is 8.06. The second-order valence-electron chi connectivity index (χ2n) is 6.11. The highest BCUT2D eigenvalue weighted by Crippen LogP contribution is 2.21. The van der Waals surface area contributed by atoms with Crippen molar-refractivity contribution in [3.63, 3.8) is 0 Å². The van der Waals surface area contributed by atoms with E-state index >= 15 is 0 Å². The van der Waals surface area contributed by atoms with Gasteiger partial charge in [-0.3, -0.25) is 9.59 Å². The Bertz CT molecular complexity index is 1210. The number of thiophene rings is 1. The van der Waals surface area contributed by atoms with E-state index < -0.39 is 0 Å². The number of hydrogen-bond donors (Lipinski definition) is 1. The number of aryl methyl sites for hydroxylation is 1. The molecule has 0 aliphatic rings. The van der Waals surface area contributed by atoms with Gasteiger partial charge < -0.3 is 14.6 Å². The van der Waals surface area contributed by atoms with Gasteiger partial charge in [0, 0.05) is 23.5 Å². The summed E-state index contributed by atoms with van der Waals surface area (Å²) in [5.74, 6) is 1.19. The molecule has 0 bridgehead atoms. The van der Waals surface area contributed by atoms with E-state index in [1.165, 1.54) is 21.9 Å². The van der Waals surface area contributed by atoms with E-state index in [2.05, 4.69) is 15.4 Å². The van der Waals surface area contributed by atoms with Gasteiger partial charge in [0.25, 0.3) is 5.56 Å². The zero-order valence-corrected chi connectivity index (χ0v) is 16.1. The molecule has 3 heterocycles. The van der Waals surface area contributed by atoms with E-state index in [0.29, 0.717) is 28.7 Å². The lowest BCUT2D eigenvalue weighted by Gasteiger charge is -2.12. The molecule has 0 saturated heterocycles. The number of nitrogens with zero attached hydrogens (tertiary/aromatic N) is 4. The number of aromatic nitrogens is 4. The maximum Gasteiger partial charge on any atom is 0.275 e. The SMILES string of the molecule is COc1cccc(NC(=O)Cn2c(C)cc(=O)n3nc(-c4cccs4)nc23)c1. The Morgan fingerprint density at radius 1 is 1.25 bits per heavy atom. The largest absolute Gasteiger partial charge is 0.497 e. The van der Waals surface area contributed by atoms with Gasteiger partial charge in [-0.1, -0.05) is 12.1 Å². The molecular weight excluding hydrogens is 378 g/mol. The number of nitrogens with one attached hydrogen (secondary N) is 1. The summed E-state index contributed by atoms with van der Waals surface area (Å²) in [7, 11) is 1.57. The molecule has 1 amide bonds. The molecule has 142 valence electrons.